The molecule has 77 heavy (non-hydrogen) atoms. The number of carbonyl (C=O) groups is 9. The third-order valence-electron chi connectivity index (χ3n) is 15.5. The molecule has 4 aromatic rings. The van der Waals surface area contributed by atoms with E-state index in [0.29, 0.717) is 66.7 Å². The number of benzene rings is 2. The fraction of sp³-hybridized carbons (Fsp3) is 0.491. The zero-order valence-electron chi connectivity index (χ0n) is 43.9. The highest BCUT2D eigenvalue weighted by Gasteiger charge is 2.46. The minimum Gasteiger partial charge on any atom is -0.458 e. The number of nitrogens with one attached hydrogen (secondary N) is 3. The van der Waals surface area contributed by atoms with Crippen LogP contribution in [0.2, 0.25) is 0 Å². The largest absolute Gasteiger partial charge is 0.458 e. The number of pyridine rings is 2. The Bertz CT molecular complexity index is 3120. The minimum absolute atomic E-state index is 0.0269. The van der Waals surface area contributed by atoms with Gasteiger partial charge in [0.25, 0.3) is 5.56 Å². The van der Waals surface area contributed by atoms with Crippen molar-refractivity contribution in [3.8, 4) is 11.4 Å². The van der Waals surface area contributed by atoms with E-state index in [4.69, 9.17) is 14.5 Å². The van der Waals surface area contributed by atoms with E-state index in [2.05, 4.69) is 16.0 Å². The Morgan fingerprint density at radius 2 is 1.70 bits per heavy atom. The molecule has 2 aromatic carbocycles. The van der Waals surface area contributed by atoms with Crippen molar-refractivity contribution in [3.63, 3.8) is 0 Å². The van der Waals surface area contributed by atoms with Crippen molar-refractivity contribution in [2.45, 2.75) is 142 Å². The molecule has 1 saturated heterocycles. The molecule has 408 valence electrons. The Hall–Kier alpha value is -7.32. The summed E-state index contributed by atoms with van der Waals surface area (Å²) >= 11 is 0. The van der Waals surface area contributed by atoms with E-state index >= 15 is 4.39 Å². The van der Waals surface area contributed by atoms with Crippen molar-refractivity contribution < 1.29 is 62.1 Å². The van der Waals surface area contributed by atoms with Gasteiger partial charge in [0.15, 0.2) is 23.0 Å². The van der Waals surface area contributed by atoms with E-state index < -0.39 is 52.5 Å². The summed E-state index contributed by atoms with van der Waals surface area (Å²) < 4.78 is 27.7. The van der Waals surface area contributed by atoms with Gasteiger partial charge in [0.1, 0.15) is 25.8 Å². The molecule has 20 heteroatoms. The summed E-state index contributed by atoms with van der Waals surface area (Å²) in [5.74, 6) is -5.26. The van der Waals surface area contributed by atoms with E-state index in [9.17, 15) is 53.1 Å². The van der Waals surface area contributed by atoms with Gasteiger partial charge < -0.3 is 35.1 Å². The number of hydrogen-bond donors (Lipinski definition) is 4. The monoisotopic (exact) mass is 1060 g/mol. The lowest BCUT2D eigenvalue weighted by atomic mass is 9.76. The third kappa shape index (κ3) is 12.1. The third-order valence-corrected chi connectivity index (χ3v) is 15.5. The molecule has 2 aromatic heterocycles. The SMILES string of the molecule is CC[C@@]1(O)C(=O)OCc2c1cc1n(c2=O)Cc2c-1nc1cc(F)c(C)c3c1c2[C@@H](CC(=O)COCNC(=O)CCC(=O)[C@H](Cc1ccccc1)NC(=O)CCC(=O)CNC(=O)C(C)CCCCN1C(=O)CC(C)C1=O)CC3. The predicted molar refractivity (Wildman–Crippen MR) is 276 cm³/mol. The number of rotatable bonds is 25. The van der Waals surface area contributed by atoms with E-state index in [0.717, 1.165) is 22.1 Å². The van der Waals surface area contributed by atoms with Gasteiger partial charge in [-0.05, 0) is 79.7 Å². The maximum absolute atomic E-state index is 15.4. The van der Waals surface area contributed by atoms with Gasteiger partial charge in [-0.25, -0.2) is 14.2 Å². The number of ether oxygens (including phenoxy) is 2. The first-order valence-corrected chi connectivity index (χ1v) is 26.5. The fourth-order valence-electron chi connectivity index (χ4n) is 11.0. The second-order valence-corrected chi connectivity index (χ2v) is 20.8. The number of carbonyl (C=O) groups excluding carboxylic acids is 9. The van der Waals surface area contributed by atoms with Gasteiger partial charge >= 0.3 is 5.97 Å². The number of unbranched alkanes of at least 4 members (excludes halogenated alkanes) is 1. The minimum atomic E-state index is -2.04. The quantitative estimate of drug-likeness (QED) is 0.0274. The van der Waals surface area contributed by atoms with E-state index in [1.54, 1.807) is 64.1 Å². The number of amides is 5. The van der Waals surface area contributed by atoms with Crippen LogP contribution in [-0.2, 0) is 84.2 Å². The molecule has 5 amide bonds. The number of Topliss-reactive ketones (excluding diaryl/α,β-unsaturated/α-hetero) is 3. The van der Waals surface area contributed by atoms with Gasteiger partial charge in [-0.1, -0.05) is 57.5 Å². The maximum atomic E-state index is 15.4. The average molecular weight is 1060 g/mol. The van der Waals surface area contributed by atoms with Crippen LogP contribution < -0.4 is 21.5 Å². The van der Waals surface area contributed by atoms with Gasteiger partial charge in [0.05, 0.1) is 41.6 Å². The molecule has 5 heterocycles. The van der Waals surface area contributed by atoms with Gasteiger partial charge in [-0.2, -0.15) is 0 Å². The number of fused-ring (bicyclic) bond motifs is 5. The normalized spacial score (nSPS) is 19.0. The van der Waals surface area contributed by atoms with E-state index in [-0.39, 0.29) is 137 Å². The molecule has 0 radical (unpaired) electrons. The predicted octanol–water partition coefficient (Wildman–Crippen LogP) is 4.35. The van der Waals surface area contributed by atoms with Crippen molar-refractivity contribution in [1.29, 1.82) is 0 Å². The smallest absolute Gasteiger partial charge is 0.343 e. The summed E-state index contributed by atoms with van der Waals surface area (Å²) in [6.45, 7) is 5.89. The van der Waals surface area contributed by atoms with Crippen LogP contribution >= 0.6 is 0 Å². The van der Waals surface area contributed by atoms with Crippen molar-refractivity contribution in [3.05, 3.63) is 97.6 Å². The van der Waals surface area contributed by atoms with Crippen molar-refractivity contribution >= 4 is 63.8 Å². The first kappa shape index (κ1) is 55.9. The lowest BCUT2D eigenvalue weighted by Gasteiger charge is -2.31. The highest BCUT2D eigenvalue weighted by Crippen LogP contribution is 2.47. The van der Waals surface area contributed by atoms with Gasteiger partial charge in [-0.15, -0.1) is 0 Å². The van der Waals surface area contributed by atoms with Crippen LogP contribution in [-0.4, -0.2) is 105 Å². The summed E-state index contributed by atoms with van der Waals surface area (Å²) in [6.07, 6.45) is 2.05. The molecule has 19 nitrogen and oxygen atoms in total. The molecule has 1 fully saturated rings. The van der Waals surface area contributed by atoms with Crippen LogP contribution in [0, 0.1) is 24.6 Å². The van der Waals surface area contributed by atoms with Crippen LogP contribution in [0.3, 0.4) is 0 Å². The van der Waals surface area contributed by atoms with Gasteiger partial charge in [0.2, 0.25) is 29.5 Å². The number of aliphatic hydroxyl groups is 1. The lowest BCUT2D eigenvalue weighted by molar-refractivity contribution is -0.172. The second-order valence-electron chi connectivity index (χ2n) is 20.8. The molecular weight excluding hydrogens is 996 g/mol. The van der Waals surface area contributed by atoms with Crippen molar-refractivity contribution in [2.24, 2.45) is 11.8 Å². The Morgan fingerprint density at radius 1 is 0.948 bits per heavy atom. The topological polar surface area (TPSA) is 267 Å². The Morgan fingerprint density at radius 3 is 2.43 bits per heavy atom. The number of esters is 1. The highest BCUT2D eigenvalue weighted by molar-refractivity contribution is 6.03. The zero-order valence-corrected chi connectivity index (χ0v) is 43.9. The average Bonchev–Trinajstić information content (AvgIpc) is 3.90. The number of halogens is 1. The molecule has 0 spiro atoms. The highest BCUT2D eigenvalue weighted by atomic mass is 19.1. The molecule has 1 aliphatic carbocycles. The van der Waals surface area contributed by atoms with E-state index in [1.165, 1.54) is 15.5 Å². The number of aryl methyl sites for hydroxylation is 1. The molecular formula is C57H65FN6O13. The molecule has 0 bridgehead atoms. The number of hydrogen-bond acceptors (Lipinski definition) is 14. The Balaban J connectivity index is 0.803. The molecule has 8 rings (SSSR count). The van der Waals surface area contributed by atoms with Crippen molar-refractivity contribution in [1.82, 2.24) is 30.4 Å². The fourth-order valence-corrected chi connectivity index (χ4v) is 11.0. The van der Waals surface area contributed by atoms with Crippen LogP contribution in [0.1, 0.15) is 136 Å². The number of imide groups is 1. The van der Waals surface area contributed by atoms with E-state index in [1.807, 2.05) is 0 Å². The van der Waals surface area contributed by atoms with Crippen LogP contribution in [0.5, 0.6) is 0 Å². The number of ketones is 3. The standard InChI is InChI=1S/C57H65FN6O13/c1-5-57(75)41-24-45-52-39(27-64(45)55(73)40(41)29-77-56(57)74)50-35(14-16-38-33(4)42(58)25-44(62-52)51(38)50)23-37(66)28-76-30-60-47(68)19-17-46(67)43(22-34-12-7-6-8-13-34)61-48(69)18-15-36(65)26-59-53(71)31(2)11-9-10-20-63-49(70)21-32(3)54(63)72/h6-8,12-13,24-25,31-32,35,43,75H,5,9-11,14-23,26-30H2,1-4H3,(H,59,71)(H,60,68)(H,61,69)/t31?,32?,35-,43+,57+/m1/s1. The molecule has 4 aliphatic rings. The first-order valence-electron chi connectivity index (χ1n) is 26.5. The number of aromatic nitrogens is 2. The molecule has 4 N–H and O–H groups in total. The Labute approximate surface area is 444 Å². The summed E-state index contributed by atoms with van der Waals surface area (Å²) in [4.78, 5) is 136. The van der Waals surface area contributed by atoms with Gasteiger partial charge in [0, 0.05) is 79.5 Å². The lowest BCUT2D eigenvalue weighted by Crippen LogP contribution is -2.44. The van der Waals surface area contributed by atoms with Crippen LogP contribution in [0.15, 0.2) is 47.3 Å². The van der Waals surface area contributed by atoms with Crippen LogP contribution in [0.4, 0.5) is 4.39 Å². The van der Waals surface area contributed by atoms with Crippen LogP contribution in [0.25, 0.3) is 22.3 Å². The number of nitrogens with zero attached hydrogens (tertiary/aromatic N) is 3. The molecule has 5 atom stereocenters. The second kappa shape index (κ2) is 23.9. The number of cyclic esters (lactones) is 1. The summed E-state index contributed by atoms with van der Waals surface area (Å²) in [5, 5.41) is 20.0. The summed E-state index contributed by atoms with van der Waals surface area (Å²) in [5.41, 5.74) is 2.41. The first-order chi connectivity index (χ1) is 36.8. The Kier molecular flexibility index (Phi) is 17.4. The number of likely N-dealkylation sites (tertiary alicyclic amines) is 1. The van der Waals surface area contributed by atoms with Crippen molar-refractivity contribution in [2.75, 3.05) is 26.4 Å². The molecule has 3 aliphatic heterocycles. The summed E-state index contributed by atoms with van der Waals surface area (Å²) in [7, 11) is 0. The zero-order chi connectivity index (χ0) is 55.3. The van der Waals surface area contributed by atoms with Gasteiger partial charge in [-0.3, -0.25) is 48.1 Å². The molecule has 0 saturated carbocycles. The molecule has 2 unspecified atom stereocenters. The summed E-state index contributed by atoms with van der Waals surface area (Å²) in [6, 6.07) is 10.9. The maximum Gasteiger partial charge on any atom is 0.343 e.